The number of benzene rings is 1. The van der Waals surface area contributed by atoms with Crippen molar-refractivity contribution in [1.82, 2.24) is 10.6 Å². The van der Waals surface area contributed by atoms with Crippen LogP contribution in [0.15, 0.2) is 29.2 Å². The van der Waals surface area contributed by atoms with Gasteiger partial charge in [-0.2, -0.15) is 0 Å². The van der Waals surface area contributed by atoms with Crippen molar-refractivity contribution in [1.29, 1.82) is 0 Å². The van der Waals surface area contributed by atoms with Gasteiger partial charge in [-0.3, -0.25) is 4.79 Å². The minimum atomic E-state index is 0. The van der Waals surface area contributed by atoms with E-state index < -0.39 is 0 Å². The molecule has 2 N–H and O–H groups in total. The van der Waals surface area contributed by atoms with Crippen LogP contribution in [0.1, 0.15) is 51.0 Å². The van der Waals surface area contributed by atoms with E-state index in [1.54, 1.807) is 0 Å². The Kier molecular flexibility index (Phi) is 7.66. The molecule has 2 fully saturated rings. The Bertz CT molecular complexity index is 557. The van der Waals surface area contributed by atoms with Gasteiger partial charge in [-0.25, -0.2) is 0 Å². The van der Waals surface area contributed by atoms with Gasteiger partial charge < -0.3 is 10.6 Å². The molecule has 3 rings (SSSR count). The summed E-state index contributed by atoms with van der Waals surface area (Å²) in [7, 11) is 0. The van der Waals surface area contributed by atoms with Crippen LogP contribution in [0.3, 0.4) is 0 Å². The molecule has 3 nitrogen and oxygen atoms in total. The van der Waals surface area contributed by atoms with Gasteiger partial charge in [-0.15, -0.1) is 24.2 Å². The molecule has 0 radical (unpaired) electrons. The van der Waals surface area contributed by atoms with E-state index in [2.05, 4.69) is 48.7 Å². The average Bonchev–Trinajstić information content (AvgIpc) is 3.04. The molecule has 0 aromatic heterocycles. The number of amides is 1. The number of nitrogens with one attached hydrogen (secondary N) is 2. The third-order valence-corrected chi connectivity index (χ3v) is 6.94. The second kappa shape index (κ2) is 9.29. The predicted octanol–water partition coefficient (Wildman–Crippen LogP) is 4.33. The van der Waals surface area contributed by atoms with Crippen molar-refractivity contribution in [2.75, 3.05) is 13.1 Å². The first kappa shape index (κ1) is 20.6. The molecule has 1 aromatic rings. The summed E-state index contributed by atoms with van der Waals surface area (Å²) in [6.45, 7) is 6.07. The molecule has 0 bridgehead atoms. The van der Waals surface area contributed by atoms with E-state index in [0.29, 0.717) is 6.04 Å². The van der Waals surface area contributed by atoms with Gasteiger partial charge in [0.1, 0.15) is 0 Å². The Morgan fingerprint density at radius 2 is 1.96 bits per heavy atom. The standard InChI is InChI=1S/C20H30N2OS.ClH/c1-15-5-7-18(8-6-15)24-20(10-3-4-11-20)14-22-19(23)17-9-12-21-16(2)13-17;/h5-8,16-17,21H,3-4,9-14H2,1-2H3,(H,22,23);1H/t16-,17-;/m0./s1. The average molecular weight is 383 g/mol. The van der Waals surface area contributed by atoms with E-state index in [0.717, 1.165) is 25.9 Å². The van der Waals surface area contributed by atoms with Gasteiger partial charge in [-0.1, -0.05) is 30.5 Å². The Hall–Kier alpha value is -0.710. The number of piperidine rings is 1. The van der Waals surface area contributed by atoms with Crippen LogP contribution >= 0.6 is 24.2 Å². The van der Waals surface area contributed by atoms with Gasteiger partial charge in [0.05, 0.1) is 0 Å². The molecule has 2 aliphatic rings. The Balaban J connectivity index is 0.00000225. The molecule has 25 heavy (non-hydrogen) atoms. The number of aryl methyl sites for hydroxylation is 1. The van der Waals surface area contributed by atoms with Gasteiger partial charge in [0, 0.05) is 28.1 Å². The lowest BCUT2D eigenvalue weighted by atomic mass is 9.92. The van der Waals surface area contributed by atoms with Crippen molar-refractivity contribution in [2.45, 2.75) is 68.1 Å². The molecule has 140 valence electrons. The summed E-state index contributed by atoms with van der Waals surface area (Å²) in [6.07, 6.45) is 6.89. The number of halogens is 1. The van der Waals surface area contributed by atoms with Gasteiger partial charge in [0.15, 0.2) is 0 Å². The minimum Gasteiger partial charge on any atom is -0.354 e. The van der Waals surface area contributed by atoms with Crippen LogP contribution in [-0.2, 0) is 4.79 Å². The molecule has 1 saturated carbocycles. The largest absolute Gasteiger partial charge is 0.354 e. The zero-order valence-corrected chi connectivity index (χ0v) is 17.0. The van der Waals surface area contributed by atoms with E-state index in [4.69, 9.17) is 0 Å². The molecule has 1 amide bonds. The van der Waals surface area contributed by atoms with Gasteiger partial charge in [0.2, 0.25) is 5.91 Å². The molecule has 1 aliphatic carbocycles. The second-order valence-electron chi connectivity index (χ2n) is 7.60. The first-order valence-corrected chi connectivity index (χ1v) is 10.1. The molecule has 1 heterocycles. The van der Waals surface area contributed by atoms with Crippen molar-refractivity contribution in [2.24, 2.45) is 5.92 Å². The zero-order chi connectivity index (χ0) is 17.0. The quantitative estimate of drug-likeness (QED) is 0.796. The van der Waals surface area contributed by atoms with E-state index in [9.17, 15) is 4.79 Å². The zero-order valence-electron chi connectivity index (χ0n) is 15.3. The Morgan fingerprint density at radius 1 is 1.28 bits per heavy atom. The maximum absolute atomic E-state index is 12.6. The highest BCUT2D eigenvalue weighted by molar-refractivity contribution is 8.00. The molecule has 1 saturated heterocycles. The van der Waals surface area contributed by atoms with Gasteiger partial charge in [-0.05, 0) is 58.2 Å². The maximum atomic E-state index is 12.6. The first-order valence-electron chi connectivity index (χ1n) is 9.33. The minimum absolute atomic E-state index is 0. The van der Waals surface area contributed by atoms with Crippen molar-refractivity contribution < 1.29 is 4.79 Å². The third kappa shape index (κ3) is 5.63. The molecule has 5 heteroatoms. The van der Waals surface area contributed by atoms with Crippen LogP contribution in [0.2, 0.25) is 0 Å². The van der Waals surface area contributed by atoms with Crippen molar-refractivity contribution in [3.63, 3.8) is 0 Å². The highest BCUT2D eigenvalue weighted by Crippen LogP contribution is 2.45. The van der Waals surface area contributed by atoms with Crippen LogP contribution in [0.4, 0.5) is 0 Å². The first-order chi connectivity index (χ1) is 11.6. The molecule has 2 atom stereocenters. The van der Waals surface area contributed by atoms with Crippen molar-refractivity contribution in [3.05, 3.63) is 29.8 Å². The lowest BCUT2D eigenvalue weighted by molar-refractivity contribution is -0.126. The third-order valence-electron chi connectivity index (χ3n) is 5.45. The Labute approximate surface area is 162 Å². The van der Waals surface area contributed by atoms with Crippen LogP contribution in [0.5, 0.6) is 0 Å². The summed E-state index contributed by atoms with van der Waals surface area (Å²) in [4.78, 5) is 13.9. The summed E-state index contributed by atoms with van der Waals surface area (Å²) >= 11 is 1.97. The number of hydrogen-bond donors (Lipinski definition) is 2. The summed E-state index contributed by atoms with van der Waals surface area (Å²) in [5.41, 5.74) is 1.30. The molecular formula is C20H31ClN2OS. The number of hydrogen-bond acceptors (Lipinski definition) is 3. The van der Waals surface area contributed by atoms with Crippen LogP contribution in [0, 0.1) is 12.8 Å². The smallest absolute Gasteiger partial charge is 0.223 e. The van der Waals surface area contributed by atoms with E-state index >= 15 is 0 Å². The van der Waals surface area contributed by atoms with Crippen LogP contribution < -0.4 is 10.6 Å². The fourth-order valence-corrected chi connectivity index (χ4v) is 5.36. The van der Waals surface area contributed by atoms with Gasteiger partial charge >= 0.3 is 0 Å². The molecule has 0 unspecified atom stereocenters. The molecule has 1 aromatic carbocycles. The van der Waals surface area contributed by atoms with E-state index in [1.165, 1.54) is 36.1 Å². The number of thioether (sulfide) groups is 1. The highest BCUT2D eigenvalue weighted by atomic mass is 35.5. The van der Waals surface area contributed by atoms with Crippen molar-refractivity contribution >= 4 is 30.1 Å². The SMILES string of the molecule is Cc1ccc(SC2(CNC(=O)[C@H]3CCN[C@@H](C)C3)CCCC2)cc1.Cl. The van der Waals surface area contributed by atoms with Crippen molar-refractivity contribution in [3.8, 4) is 0 Å². The van der Waals surface area contributed by atoms with Crippen LogP contribution in [0.25, 0.3) is 0 Å². The molecule has 1 aliphatic heterocycles. The molecule has 0 spiro atoms. The predicted molar refractivity (Wildman–Crippen MR) is 109 cm³/mol. The Morgan fingerprint density at radius 3 is 2.60 bits per heavy atom. The summed E-state index contributed by atoms with van der Waals surface area (Å²) in [5, 5.41) is 6.72. The molecular weight excluding hydrogens is 352 g/mol. The summed E-state index contributed by atoms with van der Waals surface area (Å²) < 4.78 is 0.184. The number of rotatable bonds is 5. The fraction of sp³-hybridized carbons (Fsp3) is 0.650. The monoisotopic (exact) mass is 382 g/mol. The summed E-state index contributed by atoms with van der Waals surface area (Å²) in [6, 6.07) is 9.25. The van der Waals surface area contributed by atoms with E-state index in [1.807, 2.05) is 11.8 Å². The lowest BCUT2D eigenvalue weighted by Gasteiger charge is -2.31. The number of carbonyl (C=O) groups is 1. The maximum Gasteiger partial charge on any atom is 0.223 e. The lowest BCUT2D eigenvalue weighted by Crippen LogP contribution is -2.45. The normalized spacial score (nSPS) is 25.2. The van der Waals surface area contributed by atoms with Gasteiger partial charge in [0.25, 0.3) is 0 Å². The second-order valence-corrected chi connectivity index (χ2v) is 9.14. The number of carbonyl (C=O) groups excluding carboxylic acids is 1. The van der Waals surface area contributed by atoms with Crippen LogP contribution in [-0.4, -0.2) is 29.8 Å². The highest BCUT2D eigenvalue weighted by Gasteiger charge is 2.36. The topological polar surface area (TPSA) is 41.1 Å². The summed E-state index contributed by atoms with van der Waals surface area (Å²) in [5.74, 6) is 0.447. The van der Waals surface area contributed by atoms with E-state index in [-0.39, 0.29) is 29.0 Å². The fourth-order valence-electron chi connectivity index (χ4n) is 3.95.